The zero-order valence-corrected chi connectivity index (χ0v) is 11.8. The van der Waals surface area contributed by atoms with Crippen LogP contribution in [0.2, 0.25) is 0 Å². The first-order valence-corrected chi connectivity index (χ1v) is 6.53. The number of anilines is 1. The van der Waals surface area contributed by atoms with Crippen LogP contribution >= 0.6 is 0 Å². The Balaban J connectivity index is 2.84. The molecule has 1 N–H and O–H groups in total. The zero-order valence-electron chi connectivity index (χ0n) is 11.8. The summed E-state index contributed by atoms with van der Waals surface area (Å²) in [5.41, 5.74) is 2.66. The van der Waals surface area contributed by atoms with Gasteiger partial charge in [-0.3, -0.25) is 0 Å². The number of hydrogen-bond acceptors (Lipinski definition) is 2. The Bertz CT molecular complexity index is 333. The van der Waals surface area contributed by atoms with Gasteiger partial charge in [0.25, 0.3) is 0 Å². The second-order valence-electron chi connectivity index (χ2n) is 5.08. The van der Waals surface area contributed by atoms with E-state index < -0.39 is 0 Å². The maximum atomic E-state index is 3.43. The molecule has 0 aliphatic rings. The Morgan fingerprint density at radius 3 is 2.53 bits per heavy atom. The molecule has 0 radical (unpaired) electrons. The fraction of sp³-hybridized carbons (Fsp3) is 0.600. The minimum Gasteiger partial charge on any atom is -0.378 e. The summed E-state index contributed by atoms with van der Waals surface area (Å²) in [5, 5.41) is 3.43. The maximum absolute atomic E-state index is 3.43. The average Bonchev–Trinajstić information content (AvgIpc) is 2.35. The predicted molar refractivity (Wildman–Crippen MR) is 76.6 cm³/mol. The van der Waals surface area contributed by atoms with Gasteiger partial charge in [0.1, 0.15) is 0 Å². The van der Waals surface area contributed by atoms with Crippen LogP contribution in [0, 0.1) is 5.92 Å². The first-order chi connectivity index (χ1) is 8.08. The predicted octanol–water partition coefficient (Wildman–Crippen LogP) is 3.45. The second-order valence-corrected chi connectivity index (χ2v) is 5.08. The van der Waals surface area contributed by atoms with E-state index in [-0.39, 0.29) is 0 Å². The van der Waals surface area contributed by atoms with Crippen molar-refractivity contribution < 1.29 is 0 Å². The van der Waals surface area contributed by atoms with Gasteiger partial charge in [-0.25, -0.2) is 0 Å². The molecule has 0 bridgehead atoms. The maximum Gasteiger partial charge on any atom is 0.0364 e. The first-order valence-electron chi connectivity index (χ1n) is 6.53. The second kappa shape index (κ2) is 6.65. The van der Waals surface area contributed by atoms with Crippen molar-refractivity contribution in [3.8, 4) is 0 Å². The molecular weight excluding hydrogens is 208 g/mol. The minimum atomic E-state index is 0.463. The van der Waals surface area contributed by atoms with E-state index in [0.717, 1.165) is 5.92 Å². The van der Waals surface area contributed by atoms with E-state index in [1.54, 1.807) is 0 Å². The highest BCUT2D eigenvalue weighted by molar-refractivity contribution is 5.47. The quantitative estimate of drug-likeness (QED) is 0.811. The molecule has 0 saturated carbocycles. The lowest BCUT2D eigenvalue weighted by Gasteiger charge is -2.22. The number of hydrogen-bond donors (Lipinski definition) is 1. The van der Waals surface area contributed by atoms with Gasteiger partial charge in [0.05, 0.1) is 0 Å². The smallest absolute Gasteiger partial charge is 0.0364 e. The summed E-state index contributed by atoms with van der Waals surface area (Å²) in [5.74, 6) is 0.760. The van der Waals surface area contributed by atoms with Gasteiger partial charge in [-0.15, -0.1) is 0 Å². The van der Waals surface area contributed by atoms with E-state index >= 15 is 0 Å². The fourth-order valence-electron chi connectivity index (χ4n) is 2.01. The van der Waals surface area contributed by atoms with Crippen molar-refractivity contribution in [2.24, 2.45) is 5.92 Å². The summed E-state index contributed by atoms with van der Waals surface area (Å²) in [6.07, 6.45) is 2.44. The third-order valence-corrected chi connectivity index (χ3v) is 3.47. The van der Waals surface area contributed by atoms with Crippen LogP contribution < -0.4 is 10.2 Å². The molecule has 17 heavy (non-hydrogen) atoms. The molecule has 0 spiro atoms. The molecule has 1 aromatic carbocycles. The van der Waals surface area contributed by atoms with Crippen molar-refractivity contribution in [2.45, 2.75) is 32.7 Å². The van der Waals surface area contributed by atoms with Crippen LogP contribution in [0.4, 0.5) is 5.69 Å². The SMILES string of the molecule is CCC(C)CC(NC)c1cccc(N(C)C)c1. The largest absolute Gasteiger partial charge is 0.378 e. The lowest BCUT2D eigenvalue weighted by Crippen LogP contribution is -2.19. The van der Waals surface area contributed by atoms with Crippen molar-refractivity contribution in [3.05, 3.63) is 29.8 Å². The molecule has 0 amide bonds. The van der Waals surface area contributed by atoms with Gasteiger partial charge in [-0.1, -0.05) is 32.4 Å². The number of benzene rings is 1. The molecule has 96 valence electrons. The van der Waals surface area contributed by atoms with Crippen LogP contribution in [0.25, 0.3) is 0 Å². The van der Waals surface area contributed by atoms with Crippen LogP contribution in [0.1, 0.15) is 38.3 Å². The molecule has 0 saturated heterocycles. The van der Waals surface area contributed by atoms with Crippen molar-refractivity contribution in [1.29, 1.82) is 0 Å². The lowest BCUT2D eigenvalue weighted by atomic mass is 9.94. The van der Waals surface area contributed by atoms with Gasteiger partial charge in [-0.05, 0) is 37.1 Å². The van der Waals surface area contributed by atoms with Crippen LogP contribution in [0.3, 0.4) is 0 Å². The molecule has 0 aromatic heterocycles. The summed E-state index contributed by atoms with van der Waals surface area (Å²) in [4.78, 5) is 2.15. The van der Waals surface area contributed by atoms with Gasteiger partial charge in [0.2, 0.25) is 0 Å². The normalized spacial score (nSPS) is 14.4. The fourth-order valence-corrected chi connectivity index (χ4v) is 2.01. The standard InChI is InChI=1S/C15H26N2/c1-6-12(2)10-15(16-3)13-8-7-9-14(11-13)17(4)5/h7-9,11-12,15-16H,6,10H2,1-5H3. The van der Waals surface area contributed by atoms with E-state index in [9.17, 15) is 0 Å². The molecule has 2 heteroatoms. The average molecular weight is 234 g/mol. The third kappa shape index (κ3) is 4.04. The number of nitrogens with one attached hydrogen (secondary N) is 1. The van der Waals surface area contributed by atoms with Gasteiger partial charge < -0.3 is 10.2 Å². The summed E-state index contributed by atoms with van der Waals surface area (Å²) in [7, 11) is 6.22. The Hall–Kier alpha value is -1.02. The molecule has 2 nitrogen and oxygen atoms in total. The molecule has 0 aliphatic carbocycles. The summed E-state index contributed by atoms with van der Waals surface area (Å²) < 4.78 is 0. The Morgan fingerprint density at radius 2 is 2.00 bits per heavy atom. The summed E-state index contributed by atoms with van der Waals surface area (Å²) in [6, 6.07) is 9.26. The minimum absolute atomic E-state index is 0.463. The number of rotatable bonds is 6. The Morgan fingerprint density at radius 1 is 1.29 bits per heavy atom. The van der Waals surface area contributed by atoms with Crippen molar-refractivity contribution in [1.82, 2.24) is 5.32 Å². The van der Waals surface area contributed by atoms with Crippen LogP contribution in [0.5, 0.6) is 0 Å². The third-order valence-electron chi connectivity index (χ3n) is 3.47. The first kappa shape index (κ1) is 14.0. The lowest BCUT2D eigenvalue weighted by molar-refractivity contribution is 0.422. The zero-order chi connectivity index (χ0) is 12.8. The highest BCUT2D eigenvalue weighted by Crippen LogP contribution is 2.25. The number of nitrogens with zero attached hydrogens (tertiary/aromatic N) is 1. The molecule has 0 fully saturated rings. The molecular formula is C15H26N2. The highest BCUT2D eigenvalue weighted by Gasteiger charge is 2.13. The molecule has 1 rings (SSSR count). The van der Waals surface area contributed by atoms with Gasteiger partial charge in [0, 0.05) is 25.8 Å². The topological polar surface area (TPSA) is 15.3 Å². The molecule has 0 aliphatic heterocycles. The molecule has 1 aromatic rings. The van der Waals surface area contributed by atoms with Crippen molar-refractivity contribution in [3.63, 3.8) is 0 Å². The van der Waals surface area contributed by atoms with Crippen molar-refractivity contribution >= 4 is 5.69 Å². The monoisotopic (exact) mass is 234 g/mol. The van der Waals surface area contributed by atoms with Crippen molar-refractivity contribution in [2.75, 3.05) is 26.0 Å². The summed E-state index contributed by atoms with van der Waals surface area (Å²) in [6.45, 7) is 4.58. The van der Waals surface area contributed by atoms with Crippen LogP contribution in [0.15, 0.2) is 24.3 Å². The highest BCUT2D eigenvalue weighted by atomic mass is 15.1. The Kier molecular flexibility index (Phi) is 5.49. The Labute approximate surface area is 106 Å². The van der Waals surface area contributed by atoms with E-state index in [1.165, 1.54) is 24.1 Å². The van der Waals surface area contributed by atoms with E-state index in [0.29, 0.717) is 6.04 Å². The summed E-state index contributed by atoms with van der Waals surface area (Å²) >= 11 is 0. The van der Waals surface area contributed by atoms with Gasteiger partial charge >= 0.3 is 0 Å². The van der Waals surface area contributed by atoms with Gasteiger partial charge in [0.15, 0.2) is 0 Å². The van der Waals surface area contributed by atoms with Crippen LogP contribution in [-0.4, -0.2) is 21.1 Å². The molecule has 0 heterocycles. The van der Waals surface area contributed by atoms with E-state index in [4.69, 9.17) is 0 Å². The van der Waals surface area contributed by atoms with E-state index in [1.807, 2.05) is 0 Å². The van der Waals surface area contributed by atoms with Gasteiger partial charge in [-0.2, -0.15) is 0 Å². The van der Waals surface area contributed by atoms with Crippen LogP contribution in [-0.2, 0) is 0 Å². The molecule has 2 unspecified atom stereocenters. The molecule has 2 atom stereocenters. The van der Waals surface area contributed by atoms with E-state index in [2.05, 4.69) is 69.5 Å².